The van der Waals surface area contributed by atoms with Gasteiger partial charge in [-0.3, -0.25) is 14.5 Å². The molecule has 0 bridgehead atoms. The fourth-order valence-corrected chi connectivity index (χ4v) is 2.90. The fourth-order valence-electron chi connectivity index (χ4n) is 2.90. The molecule has 0 saturated heterocycles. The molecular formula is C21H21NO5. The number of esters is 1. The van der Waals surface area contributed by atoms with Crippen molar-refractivity contribution in [3.05, 3.63) is 64.7 Å². The Labute approximate surface area is 157 Å². The van der Waals surface area contributed by atoms with Gasteiger partial charge in [0.15, 0.2) is 0 Å². The molecule has 0 saturated carbocycles. The molecule has 2 aromatic rings. The molecule has 0 spiro atoms. The zero-order valence-corrected chi connectivity index (χ0v) is 15.5. The van der Waals surface area contributed by atoms with Gasteiger partial charge in [-0.05, 0) is 35.7 Å². The summed E-state index contributed by atoms with van der Waals surface area (Å²) in [6.45, 7) is 4.26. The summed E-state index contributed by atoms with van der Waals surface area (Å²) in [5.74, 6) is -0.577. The highest BCUT2D eigenvalue weighted by Crippen LogP contribution is 2.26. The van der Waals surface area contributed by atoms with Gasteiger partial charge in [0, 0.05) is 0 Å². The third kappa shape index (κ3) is 3.69. The summed E-state index contributed by atoms with van der Waals surface area (Å²) in [6, 6.07) is 11.7. The third-order valence-electron chi connectivity index (χ3n) is 4.25. The number of hydrogen-bond acceptors (Lipinski definition) is 5. The SMILES string of the molecule is COc1ccc(CN2C(=O)c3ccccc3C2=O)cc1C(=O)OCC(C)C. The zero-order chi connectivity index (χ0) is 19.6. The maximum absolute atomic E-state index is 12.5. The largest absolute Gasteiger partial charge is 0.496 e. The van der Waals surface area contributed by atoms with Crippen molar-refractivity contribution in [3.63, 3.8) is 0 Å². The Hall–Kier alpha value is -3.15. The summed E-state index contributed by atoms with van der Waals surface area (Å²) < 4.78 is 10.5. The number of methoxy groups -OCH3 is 1. The van der Waals surface area contributed by atoms with Gasteiger partial charge in [-0.1, -0.05) is 32.0 Å². The predicted molar refractivity (Wildman–Crippen MR) is 98.8 cm³/mol. The summed E-state index contributed by atoms with van der Waals surface area (Å²) in [5.41, 5.74) is 1.70. The van der Waals surface area contributed by atoms with Crippen LogP contribution in [0.2, 0.25) is 0 Å². The highest BCUT2D eigenvalue weighted by atomic mass is 16.5. The van der Waals surface area contributed by atoms with E-state index in [2.05, 4.69) is 0 Å². The second kappa shape index (κ2) is 7.61. The van der Waals surface area contributed by atoms with Gasteiger partial charge in [-0.2, -0.15) is 0 Å². The molecule has 2 amide bonds. The molecule has 3 rings (SSSR count). The topological polar surface area (TPSA) is 72.9 Å². The Bertz CT molecular complexity index is 868. The molecule has 1 heterocycles. The van der Waals surface area contributed by atoms with Crippen LogP contribution in [0.15, 0.2) is 42.5 Å². The molecule has 2 aromatic carbocycles. The predicted octanol–water partition coefficient (Wildman–Crippen LogP) is 3.30. The quantitative estimate of drug-likeness (QED) is 0.579. The van der Waals surface area contributed by atoms with Gasteiger partial charge in [0.2, 0.25) is 0 Å². The normalized spacial score (nSPS) is 13.1. The van der Waals surface area contributed by atoms with Gasteiger partial charge >= 0.3 is 5.97 Å². The minimum Gasteiger partial charge on any atom is -0.496 e. The van der Waals surface area contributed by atoms with Crippen LogP contribution in [-0.2, 0) is 11.3 Å². The molecule has 0 aromatic heterocycles. The number of benzene rings is 2. The lowest BCUT2D eigenvalue weighted by atomic mass is 10.1. The molecule has 27 heavy (non-hydrogen) atoms. The van der Waals surface area contributed by atoms with Crippen LogP contribution in [0.25, 0.3) is 0 Å². The number of rotatable bonds is 6. The van der Waals surface area contributed by atoms with E-state index >= 15 is 0 Å². The van der Waals surface area contributed by atoms with Gasteiger partial charge < -0.3 is 9.47 Å². The third-order valence-corrected chi connectivity index (χ3v) is 4.25. The molecule has 0 fully saturated rings. The Balaban J connectivity index is 1.84. The summed E-state index contributed by atoms with van der Waals surface area (Å²) in [4.78, 5) is 38.6. The van der Waals surface area contributed by atoms with Gasteiger partial charge in [0.1, 0.15) is 11.3 Å². The van der Waals surface area contributed by atoms with Crippen molar-refractivity contribution in [1.82, 2.24) is 4.90 Å². The standard InChI is InChI=1S/C21H21NO5/c1-13(2)12-27-21(25)17-10-14(8-9-18(17)26-3)11-22-19(23)15-6-4-5-7-16(15)20(22)24/h4-10,13H,11-12H2,1-3H3. The minimum atomic E-state index is -0.496. The van der Waals surface area contributed by atoms with Crippen molar-refractivity contribution >= 4 is 17.8 Å². The Morgan fingerprint density at radius 2 is 1.67 bits per heavy atom. The van der Waals surface area contributed by atoms with Crippen LogP contribution < -0.4 is 4.74 Å². The molecular weight excluding hydrogens is 346 g/mol. The van der Waals surface area contributed by atoms with E-state index in [4.69, 9.17) is 9.47 Å². The van der Waals surface area contributed by atoms with E-state index in [1.54, 1.807) is 42.5 Å². The van der Waals surface area contributed by atoms with Gasteiger partial charge in [0.25, 0.3) is 11.8 Å². The van der Waals surface area contributed by atoms with Gasteiger partial charge in [0.05, 0.1) is 31.4 Å². The maximum Gasteiger partial charge on any atom is 0.341 e. The number of imide groups is 1. The number of amides is 2. The highest BCUT2D eigenvalue weighted by molar-refractivity contribution is 6.21. The number of fused-ring (bicyclic) bond motifs is 1. The number of carbonyl (C=O) groups is 3. The summed E-state index contributed by atoms with van der Waals surface area (Å²) in [7, 11) is 1.47. The van der Waals surface area contributed by atoms with Crippen LogP contribution in [0.4, 0.5) is 0 Å². The second-order valence-electron chi connectivity index (χ2n) is 6.77. The second-order valence-corrected chi connectivity index (χ2v) is 6.77. The van der Waals surface area contributed by atoms with Crippen LogP contribution in [0.5, 0.6) is 5.75 Å². The maximum atomic E-state index is 12.5. The van der Waals surface area contributed by atoms with Crippen LogP contribution >= 0.6 is 0 Å². The van der Waals surface area contributed by atoms with E-state index in [9.17, 15) is 14.4 Å². The monoisotopic (exact) mass is 367 g/mol. The molecule has 1 aliphatic rings. The first-order valence-corrected chi connectivity index (χ1v) is 8.71. The minimum absolute atomic E-state index is 0.0702. The Morgan fingerprint density at radius 3 is 2.22 bits per heavy atom. The lowest BCUT2D eigenvalue weighted by Gasteiger charge is -2.16. The van der Waals surface area contributed by atoms with Crippen molar-refractivity contribution in [2.45, 2.75) is 20.4 Å². The first-order valence-electron chi connectivity index (χ1n) is 8.71. The fraction of sp³-hybridized carbons (Fsp3) is 0.286. The molecule has 0 aliphatic carbocycles. The zero-order valence-electron chi connectivity index (χ0n) is 15.5. The van der Waals surface area contributed by atoms with E-state index in [1.165, 1.54) is 12.0 Å². The van der Waals surface area contributed by atoms with Crippen molar-refractivity contribution in [3.8, 4) is 5.75 Å². The Kier molecular flexibility index (Phi) is 5.26. The van der Waals surface area contributed by atoms with E-state index < -0.39 is 5.97 Å². The smallest absolute Gasteiger partial charge is 0.341 e. The highest BCUT2D eigenvalue weighted by Gasteiger charge is 2.35. The van der Waals surface area contributed by atoms with Crippen LogP contribution in [0.3, 0.4) is 0 Å². The molecule has 0 unspecified atom stereocenters. The molecule has 0 atom stereocenters. The van der Waals surface area contributed by atoms with E-state index in [1.807, 2.05) is 13.8 Å². The summed E-state index contributed by atoms with van der Waals surface area (Å²) in [6.07, 6.45) is 0. The van der Waals surface area contributed by atoms with Gasteiger partial charge in [-0.25, -0.2) is 4.79 Å². The molecule has 6 heteroatoms. The van der Waals surface area contributed by atoms with Crippen molar-refractivity contribution in [1.29, 1.82) is 0 Å². The van der Waals surface area contributed by atoms with Crippen LogP contribution in [0, 0.1) is 5.92 Å². The number of hydrogen-bond donors (Lipinski definition) is 0. The van der Waals surface area contributed by atoms with Crippen molar-refractivity contribution in [2.24, 2.45) is 5.92 Å². The molecule has 140 valence electrons. The molecule has 0 N–H and O–H groups in total. The van der Waals surface area contributed by atoms with Crippen LogP contribution in [0.1, 0.15) is 50.5 Å². The van der Waals surface area contributed by atoms with Crippen molar-refractivity contribution < 1.29 is 23.9 Å². The molecule has 1 aliphatic heterocycles. The summed E-state index contributed by atoms with van der Waals surface area (Å²) in [5, 5.41) is 0. The molecule has 6 nitrogen and oxygen atoms in total. The number of nitrogens with zero attached hydrogens (tertiary/aromatic N) is 1. The lowest BCUT2D eigenvalue weighted by molar-refractivity contribution is 0.0455. The number of ether oxygens (including phenoxy) is 2. The Morgan fingerprint density at radius 1 is 1.04 bits per heavy atom. The average Bonchev–Trinajstić information content (AvgIpc) is 2.91. The summed E-state index contributed by atoms with van der Waals surface area (Å²) >= 11 is 0. The van der Waals surface area contributed by atoms with Crippen LogP contribution in [-0.4, -0.2) is 36.4 Å². The molecule has 0 radical (unpaired) electrons. The first kappa shape index (κ1) is 18.6. The number of carbonyl (C=O) groups excluding carboxylic acids is 3. The van der Waals surface area contributed by atoms with E-state index in [-0.39, 0.29) is 29.8 Å². The lowest BCUT2D eigenvalue weighted by Crippen LogP contribution is -2.29. The average molecular weight is 367 g/mol. The van der Waals surface area contributed by atoms with Crippen molar-refractivity contribution in [2.75, 3.05) is 13.7 Å². The van der Waals surface area contributed by atoms with E-state index in [0.29, 0.717) is 29.0 Å². The first-order chi connectivity index (χ1) is 12.9. The van der Waals surface area contributed by atoms with Gasteiger partial charge in [-0.15, -0.1) is 0 Å². The van der Waals surface area contributed by atoms with E-state index in [0.717, 1.165) is 0 Å².